The number of rotatable bonds is 4. The minimum atomic E-state index is -1.74. The number of anilines is 1. The van der Waals surface area contributed by atoms with Gasteiger partial charge in [-0.05, 0) is 20.8 Å². The van der Waals surface area contributed by atoms with Crippen LogP contribution in [-0.4, -0.2) is 23.0 Å². The van der Waals surface area contributed by atoms with E-state index in [1.165, 1.54) is 0 Å². The van der Waals surface area contributed by atoms with Crippen LogP contribution in [0.4, 0.5) is 23.2 Å². The molecular formula is C12H15F4N3O. The number of carbonyl (C=O) groups excluding carboxylic acids is 1. The fourth-order valence-electron chi connectivity index (χ4n) is 1.42. The van der Waals surface area contributed by atoms with Crippen molar-refractivity contribution in [2.75, 3.05) is 11.9 Å². The van der Waals surface area contributed by atoms with Crippen molar-refractivity contribution in [2.45, 2.75) is 32.7 Å². The van der Waals surface area contributed by atoms with E-state index in [1.54, 1.807) is 20.8 Å². The van der Waals surface area contributed by atoms with Gasteiger partial charge in [-0.15, -0.1) is 0 Å². The van der Waals surface area contributed by atoms with E-state index in [4.69, 9.17) is 0 Å². The van der Waals surface area contributed by atoms with Crippen molar-refractivity contribution in [3.63, 3.8) is 0 Å². The lowest BCUT2D eigenvalue weighted by atomic mass is 10.1. The minimum Gasteiger partial charge on any atom is -0.379 e. The molecule has 1 heterocycles. The molecule has 20 heavy (non-hydrogen) atoms. The van der Waals surface area contributed by atoms with Gasteiger partial charge in [0.1, 0.15) is 5.69 Å². The van der Waals surface area contributed by atoms with Crippen molar-refractivity contribution in [3.05, 3.63) is 23.5 Å². The summed E-state index contributed by atoms with van der Waals surface area (Å²) in [4.78, 5) is 13.9. The first-order chi connectivity index (χ1) is 9.11. The Morgan fingerprint density at radius 3 is 2.05 bits per heavy atom. The van der Waals surface area contributed by atoms with Crippen LogP contribution in [0.2, 0.25) is 0 Å². The second-order valence-electron chi connectivity index (χ2n) is 5.17. The molecule has 0 aliphatic carbocycles. The fraction of sp³-hybridized carbons (Fsp3) is 0.500. The molecule has 8 heteroatoms. The Balaban J connectivity index is 2.66. The lowest BCUT2D eigenvalue weighted by molar-refractivity contribution is -0.122. The van der Waals surface area contributed by atoms with Gasteiger partial charge in [0.2, 0.25) is 17.5 Å². The van der Waals surface area contributed by atoms with Crippen molar-refractivity contribution in [3.8, 4) is 0 Å². The van der Waals surface area contributed by atoms with Gasteiger partial charge in [-0.2, -0.15) is 22.5 Å². The Kier molecular flexibility index (Phi) is 4.91. The molecule has 0 aliphatic heterocycles. The number of aromatic nitrogens is 1. The number of pyridine rings is 1. The fourth-order valence-corrected chi connectivity index (χ4v) is 1.42. The van der Waals surface area contributed by atoms with Crippen molar-refractivity contribution >= 4 is 11.6 Å². The monoisotopic (exact) mass is 293 g/mol. The molecule has 0 fully saturated rings. The van der Waals surface area contributed by atoms with Gasteiger partial charge in [0.25, 0.3) is 11.9 Å². The molecule has 1 rings (SSSR count). The number of carbonyl (C=O) groups is 1. The van der Waals surface area contributed by atoms with E-state index in [1.807, 2.05) is 0 Å². The van der Waals surface area contributed by atoms with Crippen molar-refractivity contribution in [1.82, 2.24) is 10.3 Å². The van der Waals surface area contributed by atoms with E-state index in [-0.39, 0.29) is 18.9 Å². The van der Waals surface area contributed by atoms with Gasteiger partial charge in [-0.25, -0.2) is 0 Å². The third-order valence-electron chi connectivity index (χ3n) is 2.17. The second kappa shape index (κ2) is 6.06. The van der Waals surface area contributed by atoms with Gasteiger partial charge in [0, 0.05) is 18.5 Å². The van der Waals surface area contributed by atoms with Crippen LogP contribution < -0.4 is 10.6 Å². The van der Waals surface area contributed by atoms with Crippen LogP contribution in [-0.2, 0) is 4.79 Å². The van der Waals surface area contributed by atoms with Gasteiger partial charge < -0.3 is 10.6 Å². The third-order valence-corrected chi connectivity index (χ3v) is 2.17. The highest BCUT2D eigenvalue weighted by molar-refractivity contribution is 5.77. The summed E-state index contributed by atoms with van der Waals surface area (Å²) in [5.74, 6) is -7.10. The van der Waals surface area contributed by atoms with E-state index >= 15 is 0 Å². The molecule has 0 bridgehead atoms. The Bertz CT molecular complexity index is 488. The molecule has 1 aromatic rings. The summed E-state index contributed by atoms with van der Waals surface area (Å²) in [5, 5.41) is 4.78. The average molecular weight is 293 g/mol. The molecule has 1 aromatic heterocycles. The predicted molar refractivity (Wildman–Crippen MR) is 65.1 cm³/mol. The number of hydrogen-bond acceptors (Lipinski definition) is 3. The molecule has 0 spiro atoms. The maximum Gasteiger partial charge on any atom is 0.253 e. The minimum absolute atomic E-state index is 0.109. The second-order valence-corrected chi connectivity index (χ2v) is 5.17. The first-order valence-corrected chi connectivity index (χ1v) is 5.86. The van der Waals surface area contributed by atoms with Crippen LogP contribution in [0.5, 0.6) is 0 Å². The van der Waals surface area contributed by atoms with Crippen LogP contribution in [0.3, 0.4) is 0 Å². The maximum absolute atomic E-state index is 13.2. The zero-order valence-corrected chi connectivity index (χ0v) is 11.3. The molecule has 4 nitrogen and oxygen atoms in total. The SMILES string of the molecule is CC(C)(C)NC(=O)CCNc1c(F)c(F)nc(F)c1F. The number of nitrogens with one attached hydrogen (secondary N) is 2. The summed E-state index contributed by atoms with van der Waals surface area (Å²) in [6, 6.07) is 0. The van der Waals surface area contributed by atoms with Crippen LogP contribution in [0.25, 0.3) is 0 Å². The van der Waals surface area contributed by atoms with Crippen LogP contribution in [0.1, 0.15) is 27.2 Å². The Labute approximate surface area is 113 Å². The predicted octanol–water partition coefficient (Wildman–Crippen LogP) is 2.35. The molecule has 2 N–H and O–H groups in total. The summed E-state index contributed by atoms with van der Waals surface area (Å²) in [6.45, 7) is 5.13. The molecule has 0 atom stereocenters. The molecular weight excluding hydrogens is 278 g/mol. The van der Waals surface area contributed by atoms with Crippen molar-refractivity contribution in [1.29, 1.82) is 0 Å². The van der Waals surface area contributed by atoms with Crippen molar-refractivity contribution < 1.29 is 22.4 Å². The van der Waals surface area contributed by atoms with Gasteiger partial charge in [0.15, 0.2) is 0 Å². The Hall–Kier alpha value is -1.86. The van der Waals surface area contributed by atoms with E-state index in [0.29, 0.717) is 0 Å². The zero-order chi connectivity index (χ0) is 15.5. The molecule has 0 radical (unpaired) electrons. The number of hydrogen-bond donors (Lipinski definition) is 2. The molecule has 0 saturated carbocycles. The number of nitrogens with zero attached hydrogens (tertiary/aromatic N) is 1. The normalized spacial score (nSPS) is 11.3. The van der Waals surface area contributed by atoms with Gasteiger partial charge in [0.05, 0.1) is 0 Å². The topological polar surface area (TPSA) is 54.0 Å². The van der Waals surface area contributed by atoms with Crippen molar-refractivity contribution in [2.24, 2.45) is 0 Å². The zero-order valence-electron chi connectivity index (χ0n) is 11.3. The van der Waals surface area contributed by atoms with E-state index in [2.05, 4.69) is 15.6 Å². The highest BCUT2D eigenvalue weighted by Crippen LogP contribution is 2.21. The maximum atomic E-state index is 13.2. The first kappa shape index (κ1) is 16.2. The number of amides is 1. The number of halogens is 4. The summed E-state index contributed by atoms with van der Waals surface area (Å²) in [6.07, 6.45) is -0.109. The largest absolute Gasteiger partial charge is 0.379 e. The summed E-state index contributed by atoms with van der Waals surface area (Å²) in [7, 11) is 0. The Morgan fingerprint density at radius 2 is 1.60 bits per heavy atom. The summed E-state index contributed by atoms with van der Waals surface area (Å²) >= 11 is 0. The standard InChI is InChI=1S/C12H15F4N3O/c1-12(2,3)19-6(20)4-5-17-9-7(13)10(15)18-11(16)8(9)14/h4-5H2,1-3H3,(H,17,18)(H,19,20). The van der Waals surface area contributed by atoms with Gasteiger partial charge in [-0.3, -0.25) is 4.79 Å². The Morgan fingerprint density at radius 1 is 1.10 bits per heavy atom. The first-order valence-electron chi connectivity index (χ1n) is 5.86. The highest BCUT2D eigenvalue weighted by Gasteiger charge is 2.20. The van der Waals surface area contributed by atoms with Crippen LogP contribution in [0.15, 0.2) is 0 Å². The summed E-state index contributed by atoms with van der Waals surface area (Å²) < 4.78 is 52.1. The smallest absolute Gasteiger partial charge is 0.253 e. The molecule has 0 aliphatic rings. The van der Waals surface area contributed by atoms with Gasteiger partial charge >= 0.3 is 0 Å². The van der Waals surface area contributed by atoms with E-state index < -0.39 is 34.8 Å². The van der Waals surface area contributed by atoms with E-state index in [9.17, 15) is 22.4 Å². The van der Waals surface area contributed by atoms with E-state index in [0.717, 1.165) is 0 Å². The molecule has 1 amide bonds. The summed E-state index contributed by atoms with van der Waals surface area (Å²) in [5.41, 5.74) is -1.42. The molecule has 112 valence electrons. The van der Waals surface area contributed by atoms with Crippen LogP contribution >= 0.6 is 0 Å². The van der Waals surface area contributed by atoms with Gasteiger partial charge in [-0.1, -0.05) is 0 Å². The lowest BCUT2D eigenvalue weighted by Gasteiger charge is -2.20. The third kappa shape index (κ3) is 4.36. The average Bonchev–Trinajstić information content (AvgIpc) is 2.29. The molecule has 0 aromatic carbocycles. The molecule has 0 saturated heterocycles. The lowest BCUT2D eigenvalue weighted by Crippen LogP contribution is -2.41. The van der Waals surface area contributed by atoms with Crippen LogP contribution in [0, 0.1) is 23.5 Å². The molecule has 0 unspecified atom stereocenters. The quantitative estimate of drug-likeness (QED) is 0.662. The highest BCUT2D eigenvalue weighted by atomic mass is 19.2.